The third-order valence-electron chi connectivity index (χ3n) is 5.09. The van der Waals surface area contributed by atoms with E-state index in [0.29, 0.717) is 0 Å². The Bertz CT molecular complexity index is 658. The highest BCUT2D eigenvalue weighted by atomic mass is 16.3. The van der Waals surface area contributed by atoms with Crippen LogP contribution in [0.2, 0.25) is 0 Å². The summed E-state index contributed by atoms with van der Waals surface area (Å²) in [6.45, 7) is 6.90. The Morgan fingerprint density at radius 2 is 2.00 bits per heavy atom. The van der Waals surface area contributed by atoms with Gasteiger partial charge in [0, 0.05) is 20.1 Å². The Balaban J connectivity index is 1.52. The highest BCUT2D eigenvalue weighted by Gasteiger charge is 2.21. The molecule has 132 valence electrons. The maximum atomic E-state index is 9.51. The van der Waals surface area contributed by atoms with Crippen molar-refractivity contribution in [1.29, 1.82) is 0 Å². The second kappa shape index (κ2) is 7.64. The largest absolute Gasteiger partial charge is 0.392 e. The molecule has 1 unspecified atom stereocenters. The van der Waals surface area contributed by atoms with Crippen molar-refractivity contribution in [2.75, 3.05) is 33.2 Å². The van der Waals surface area contributed by atoms with Crippen LogP contribution in [0.25, 0.3) is 11.0 Å². The Labute approximate surface area is 144 Å². The lowest BCUT2D eigenvalue weighted by atomic mass is 9.96. The molecular weight excluding hydrogens is 300 g/mol. The summed E-state index contributed by atoms with van der Waals surface area (Å²) >= 11 is 0. The molecule has 1 atom stereocenters. The number of imidazole rings is 1. The molecule has 5 nitrogen and oxygen atoms in total. The number of piperidine rings is 1. The zero-order valence-electron chi connectivity index (χ0n) is 15.1. The van der Waals surface area contributed by atoms with Crippen LogP contribution in [0.15, 0.2) is 24.3 Å². The number of aryl methyl sites for hydroxylation is 1. The third-order valence-corrected chi connectivity index (χ3v) is 5.09. The highest BCUT2D eigenvalue weighted by molar-refractivity contribution is 5.75. The Morgan fingerprint density at radius 3 is 2.67 bits per heavy atom. The molecule has 1 aliphatic heterocycles. The maximum Gasteiger partial charge on any atom is 0.123 e. The van der Waals surface area contributed by atoms with Crippen molar-refractivity contribution >= 4 is 11.0 Å². The molecule has 0 saturated carbocycles. The van der Waals surface area contributed by atoms with Gasteiger partial charge >= 0.3 is 0 Å². The van der Waals surface area contributed by atoms with Gasteiger partial charge in [-0.25, -0.2) is 4.98 Å². The standard InChI is InChI=1S/C19H30N4O/c1-15(24)12-23-10-8-16(9-11-23)13-21(2)14-19-20-17-6-4-5-7-18(17)22(19)3/h4-7,15-16,24H,8-14H2,1-3H3. The second-order valence-corrected chi connectivity index (χ2v) is 7.37. The quantitative estimate of drug-likeness (QED) is 0.881. The van der Waals surface area contributed by atoms with Crippen molar-refractivity contribution in [2.45, 2.75) is 32.4 Å². The Kier molecular flexibility index (Phi) is 5.54. The normalized spacial score (nSPS) is 18.5. The minimum atomic E-state index is -0.221. The van der Waals surface area contributed by atoms with Crippen molar-refractivity contribution in [3.63, 3.8) is 0 Å². The predicted octanol–water partition coefficient (Wildman–Crippen LogP) is 2.10. The van der Waals surface area contributed by atoms with E-state index in [1.807, 2.05) is 13.0 Å². The summed E-state index contributed by atoms with van der Waals surface area (Å²) in [6.07, 6.45) is 2.22. The fourth-order valence-corrected chi connectivity index (χ4v) is 3.81. The zero-order chi connectivity index (χ0) is 17.1. The van der Waals surface area contributed by atoms with Gasteiger partial charge in [-0.2, -0.15) is 0 Å². The zero-order valence-corrected chi connectivity index (χ0v) is 15.1. The van der Waals surface area contributed by atoms with Crippen LogP contribution in [-0.2, 0) is 13.6 Å². The van der Waals surface area contributed by atoms with E-state index >= 15 is 0 Å². The summed E-state index contributed by atoms with van der Waals surface area (Å²) in [7, 11) is 4.30. The highest BCUT2D eigenvalue weighted by Crippen LogP contribution is 2.20. The molecule has 0 spiro atoms. The molecule has 1 saturated heterocycles. The lowest BCUT2D eigenvalue weighted by molar-refractivity contribution is 0.0916. The first kappa shape index (κ1) is 17.4. The smallest absolute Gasteiger partial charge is 0.123 e. The molecule has 2 heterocycles. The van der Waals surface area contributed by atoms with Crippen LogP contribution in [0.4, 0.5) is 0 Å². The summed E-state index contributed by atoms with van der Waals surface area (Å²) < 4.78 is 2.21. The van der Waals surface area contributed by atoms with Crippen LogP contribution in [0.1, 0.15) is 25.6 Å². The number of likely N-dealkylation sites (tertiary alicyclic amines) is 1. The van der Waals surface area contributed by atoms with Crippen LogP contribution in [0, 0.1) is 5.92 Å². The molecule has 5 heteroatoms. The predicted molar refractivity (Wildman–Crippen MR) is 97.9 cm³/mol. The van der Waals surface area contributed by atoms with Gasteiger partial charge < -0.3 is 14.6 Å². The molecule has 1 fully saturated rings. The van der Waals surface area contributed by atoms with Gasteiger partial charge in [0.15, 0.2) is 0 Å². The van der Waals surface area contributed by atoms with E-state index in [0.717, 1.165) is 50.0 Å². The Hall–Kier alpha value is -1.43. The third kappa shape index (κ3) is 4.15. The maximum absolute atomic E-state index is 9.51. The van der Waals surface area contributed by atoms with Crippen LogP contribution in [-0.4, -0.2) is 63.8 Å². The van der Waals surface area contributed by atoms with Gasteiger partial charge in [-0.05, 0) is 58.0 Å². The number of aromatic nitrogens is 2. The summed E-state index contributed by atoms with van der Waals surface area (Å²) in [5.41, 5.74) is 2.28. The molecule has 24 heavy (non-hydrogen) atoms. The van der Waals surface area contributed by atoms with Gasteiger partial charge in [-0.1, -0.05) is 12.1 Å². The Morgan fingerprint density at radius 1 is 1.29 bits per heavy atom. The molecule has 1 N–H and O–H groups in total. The van der Waals surface area contributed by atoms with Crippen LogP contribution < -0.4 is 0 Å². The van der Waals surface area contributed by atoms with Crippen LogP contribution >= 0.6 is 0 Å². The molecule has 1 aromatic carbocycles. The number of rotatable bonds is 6. The SMILES string of the molecule is CC(O)CN1CCC(CN(C)Cc2nc3ccccc3n2C)CC1. The van der Waals surface area contributed by atoms with Gasteiger partial charge in [-0.3, -0.25) is 4.90 Å². The van der Waals surface area contributed by atoms with Crippen molar-refractivity contribution in [3.05, 3.63) is 30.1 Å². The summed E-state index contributed by atoms with van der Waals surface area (Å²) in [4.78, 5) is 9.56. The van der Waals surface area contributed by atoms with E-state index in [9.17, 15) is 5.11 Å². The van der Waals surface area contributed by atoms with Crippen molar-refractivity contribution in [1.82, 2.24) is 19.4 Å². The molecule has 2 aromatic rings. The van der Waals surface area contributed by atoms with Gasteiger partial charge in [0.25, 0.3) is 0 Å². The number of benzene rings is 1. The minimum Gasteiger partial charge on any atom is -0.392 e. The average Bonchev–Trinajstić information content (AvgIpc) is 2.85. The molecule has 0 radical (unpaired) electrons. The number of hydrogen-bond donors (Lipinski definition) is 1. The van der Waals surface area contributed by atoms with E-state index in [2.05, 4.69) is 46.7 Å². The summed E-state index contributed by atoms with van der Waals surface area (Å²) in [5.74, 6) is 1.88. The molecule has 0 aliphatic carbocycles. The number of β-amino-alcohol motifs (C(OH)–C–C–N with tert-alkyl or cyclic N) is 1. The van der Waals surface area contributed by atoms with Crippen molar-refractivity contribution < 1.29 is 5.11 Å². The topological polar surface area (TPSA) is 44.5 Å². The van der Waals surface area contributed by atoms with Gasteiger partial charge in [0.05, 0.1) is 23.7 Å². The fraction of sp³-hybridized carbons (Fsp3) is 0.632. The summed E-state index contributed by atoms with van der Waals surface area (Å²) in [5, 5.41) is 9.51. The fourth-order valence-electron chi connectivity index (χ4n) is 3.81. The first-order valence-electron chi connectivity index (χ1n) is 9.02. The monoisotopic (exact) mass is 330 g/mol. The number of para-hydroxylation sites is 2. The number of aliphatic hydroxyl groups excluding tert-OH is 1. The molecule has 0 amide bonds. The van der Waals surface area contributed by atoms with Crippen LogP contribution in [0.3, 0.4) is 0 Å². The number of aliphatic hydroxyl groups is 1. The second-order valence-electron chi connectivity index (χ2n) is 7.37. The van der Waals surface area contributed by atoms with E-state index in [1.54, 1.807) is 0 Å². The van der Waals surface area contributed by atoms with Gasteiger partial charge in [0.1, 0.15) is 5.82 Å². The van der Waals surface area contributed by atoms with E-state index in [-0.39, 0.29) is 6.10 Å². The molecule has 3 rings (SSSR count). The van der Waals surface area contributed by atoms with E-state index < -0.39 is 0 Å². The average molecular weight is 330 g/mol. The van der Waals surface area contributed by atoms with E-state index in [4.69, 9.17) is 4.98 Å². The number of hydrogen-bond acceptors (Lipinski definition) is 4. The van der Waals surface area contributed by atoms with Crippen molar-refractivity contribution in [3.8, 4) is 0 Å². The molecule has 0 bridgehead atoms. The van der Waals surface area contributed by atoms with E-state index in [1.165, 1.54) is 18.4 Å². The molecule has 1 aromatic heterocycles. The van der Waals surface area contributed by atoms with Crippen molar-refractivity contribution in [2.24, 2.45) is 13.0 Å². The van der Waals surface area contributed by atoms with Gasteiger partial charge in [0.2, 0.25) is 0 Å². The number of fused-ring (bicyclic) bond motifs is 1. The number of nitrogens with zero attached hydrogens (tertiary/aromatic N) is 4. The summed E-state index contributed by atoms with van der Waals surface area (Å²) in [6, 6.07) is 8.32. The first-order chi connectivity index (χ1) is 11.5. The minimum absolute atomic E-state index is 0.221. The molecular formula is C19H30N4O. The lowest BCUT2D eigenvalue weighted by Crippen LogP contribution is -2.40. The molecule has 1 aliphatic rings. The lowest BCUT2D eigenvalue weighted by Gasteiger charge is -2.34. The van der Waals surface area contributed by atoms with Gasteiger partial charge in [-0.15, -0.1) is 0 Å². The van der Waals surface area contributed by atoms with Crippen LogP contribution in [0.5, 0.6) is 0 Å². The first-order valence-corrected chi connectivity index (χ1v) is 9.02.